The summed E-state index contributed by atoms with van der Waals surface area (Å²) in [6, 6.07) is 1.55. The van der Waals surface area contributed by atoms with E-state index < -0.39 is 11.7 Å². The van der Waals surface area contributed by atoms with Gasteiger partial charge in [0, 0.05) is 12.6 Å². The lowest BCUT2D eigenvalue weighted by molar-refractivity contribution is -0.120. The van der Waals surface area contributed by atoms with E-state index in [1.54, 1.807) is 26.8 Å². The quantitative estimate of drug-likeness (QED) is 0.775. The Balaban J connectivity index is 4.08. The topological polar surface area (TPSA) is 91.2 Å². The van der Waals surface area contributed by atoms with E-state index in [-0.39, 0.29) is 24.9 Å². The molecule has 0 radical (unpaired) electrons. The Labute approximate surface area is 108 Å². The van der Waals surface area contributed by atoms with Crippen molar-refractivity contribution in [3.8, 4) is 6.07 Å². The number of nitrogens with one attached hydrogen (secondary N) is 2. The summed E-state index contributed by atoms with van der Waals surface area (Å²) in [4.78, 5) is 22.6. The van der Waals surface area contributed by atoms with Crippen molar-refractivity contribution >= 4 is 12.0 Å². The Morgan fingerprint density at radius 1 is 1.39 bits per heavy atom. The van der Waals surface area contributed by atoms with Gasteiger partial charge in [-0.1, -0.05) is 6.92 Å². The van der Waals surface area contributed by atoms with Gasteiger partial charge in [0.05, 0.1) is 6.07 Å². The number of rotatable bonds is 5. The standard InChI is InChI=1S/C12H21N3O3/c1-5-9(8-14-10(16)6-7-13)15-11(17)18-12(2,3)4/h9H,5-6,8H2,1-4H3,(H,14,16)(H,15,17). The van der Waals surface area contributed by atoms with Crippen LogP contribution in [0.3, 0.4) is 0 Å². The van der Waals surface area contributed by atoms with Gasteiger partial charge in [0.1, 0.15) is 12.0 Å². The fourth-order valence-corrected chi connectivity index (χ4v) is 1.14. The largest absolute Gasteiger partial charge is 0.444 e. The minimum absolute atomic E-state index is 0.178. The van der Waals surface area contributed by atoms with Gasteiger partial charge >= 0.3 is 6.09 Å². The van der Waals surface area contributed by atoms with E-state index in [4.69, 9.17) is 10.00 Å². The van der Waals surface area contributed by atoms with Gasteiger partial charge in [0.25, 0.3) is 0 Å². The summed E-state index contributed by atoms with van der Waals surface area (Å²) in [5.41, 5.74) is -0.549. The van der Waals surface area contributed by atoms with Crippen LogP contribution in [-0.2, 0) is 9.53 Å². The molecule has 18 heavy (non-hydrogen) atoms. The Morgan fingerprint density at radius 3 is 2.44 bits per heavy atom. The molecule has 2 amide bonds. The molecule has 0 saturated heterocycles. The van der Waals surface area contributed by atoms with Crippen LogP contribution in [0.25, 0.3) is 0 Å². The molecule has 0 aliphatic rings. The molecule has 0 aromatic carbocycles. The van der Waals surface area contributed by atoms with Crippen molar-refractivity contribution < 1.29 is 14.3 Å². The highest BCUT2D eigenvalue weighted by molar-refractivity contribution is 5.78. The number of nitrogens with zero attached hydrogens (tertiary/aromatic N) is 1. The van der Waals surface area contributed by atoms with Crippen LogP contribution in [0.1, 0.15) is 40.5 Å². The first kappa shape index (κ1) is 16.2. The molecular formula is C12H21N3O3. The van der Waals surface area contributed by atoms with Gasteiger partial charge in [-0.3, -0.25) is 4.79 Å². The minimum Gasteiger partial charge on any atom is -0.444 e. The van der Waals surface area contributed by atoms with Crippen LogP contribution in [0.2, 0.25) is 0 Å². The molecule has 6 heteroatoms. The normalized spacial score (nSPS) is 12.2. The number of hydrogen-bond acceptors (Lipinski definition) is 4. The molecule has 0 aliphatic heterocycles. The van der Waals surface area contributed by atoms with E-state index in [0.717, 1.165) is 0 Å². The number of ether oxygens (including phenoxy) is 1. The molecule has 0 fully saturated rings. The SMILES string of the molecule is CCC(CNC(=O)CC#N)NC(=O)OC(C)(C)C. The maximum absolute atomic E-state index is 11.5. The molecule has 1 unspecified atom stereocenters. The van der Waals surface area contributed by atoms with Gasteiger partial charge < -0.3 is 15.4 Å². The van der Waals surface area contributed by atoms with E-state index in [0.29, 0.717) is 6.42 Å². The molecule has 0 aromatic rings. The third-order valence-electron chi connectivity index (χ3n) is 2.00. The maximum atomic E-state index is 11.5. The lowest BCUT2D eigenvalue weighted by Gasteiger charge is -2.23. The highest BCUT2D eigenvalue weighted by Crippen LogP contribution is 2.07. The lowest BCUT2D eigenvalue weighted by atomic mass is 10.2. The second-order valence-corrected chi connectivity index (χ2v) is 4.89. The van der Waals surface area contributed by atoms with Crippen molar-refractivity contribution in [1.29, 1.82) is 5.26 Å². The Morgan fingerprint density at radius 2 is 2.00 bits per heavy atom. The summed E-state index contributed by atoms with van der Waals surface area (Å²) in [6.45, 7) is 7.52. The molecule has 1 atom stereocenters. The van der Waals surface area contributed by atoms with Crippen molar-refractivity contribution in [2.24, 2.45) is 0 Å². The first-order chi connectivity index (χ1) is 8.28. The third-order valence-corrected chi connectivity index (χ3v) is 2.00. The minimum atomic E-state index is -0.549. The van der Waals surface area contributed by atoms with Crippen molar-refractivity contribution in [2.75, 3.05) is 6.54 Å². The van der Waals surface area contributed by atoms with Crippen LogP contribution < -0.4 is 10.6 Å². The van der Waals surface area contributed by atoms with Crippen LogP contribution >= 0.6 is 0 Å². The summed E-state index contributed by atoms with van der Waals surface area (Å²) < 4.78 is 5.11. The summed E-state index contributed by atoms with van der Waals surface area (Å²) >= 11 is 0. The van der Waals surface area contributed by atoms with Crippen LogP contribution in [0.5, 0.6) is 0 Å². The summed E-state index contributed by atoms with van der Waals surface area (Å²) in [5, 5.41) is 13.6. The van der Waals surface area contributed by atoms with Gasteiger partial charge in [-0.05, 0) is 27.2 Å². The summed E-state index contributed by atoms with van der Waals surface area (Å²) in [5.74, 6) is -0.345. The van der Waals surface area contributed by atoms with E-state index in [2.05, 4.69) is 10.6 Å². The van der Waals surface area contributed by atoms with Crippen molar-refractivity contribution in [2.45, 2.75) is 52.2 Å². The zero-order chi connectivity index (χ0) is 14.2. The predicted octanol–water partition coefficient (Wildman–Crippen LogP) is 1.32. The third kappa shape index (κ3) is 8.39. The predicted molar refractivity (Wildman–Crippen MR) is 66.7 cm³/mol. The van der Waals surface area contributed by atoms with E-state index in [1.807, 2.05) is 6.92 Å². The fourth-order valence-electron chi connectivity index (χ4n) is 1.14. The smallest absolute Gasteiger partial charge is 0.407 e. The molecule has 0 heterocycles. The average molecular weight is 255 g/mol. The number of carbonyl (C=O) groups is 2. The highest BCUT2D eigenvalue weighted by Gasteiger charge is 2.18. The molecule has 0 aromatic heterocycles. The number of amides is 2. The molecule has 0 rings (SSSR count). The van der Waals surface area contributed by atoms with Crippen molar-refractivity contribution in [3.63, 3.8) is 0 Å². The Bertz CT molecular complexity index is 328. The molecule has 0 bridgehead atoms. The molecule has 2 N–H and O–H groups in total. The van der Waals surface area contributed by atoms with Crippen LogP contribution in [-0.4, -0.2) is 30.2 Å². The first-order valence-electron chi connectivity index (χ1n) is 5.91. The molecule has 6 nitrogen and oxygen atoms in total. The van der Waals surface area contributed by atoms with E-state index in [9.17, 15) is 9.59 Å². The van der Waals surface area contributed by atoms with Crippen LogP contribution in [0.15, 0.2) is 0 Å². The summed E-state index contributed by atoms with van der Waals surface area (Å²) in [6.07, 6.45) is -0.0292. The number of alkyl carbamates (subject to hydrolysis) is 1. The fraction of sp³-hybridized carbons (Fsp3) is 0.750. The molecule has 0 saturated carbocycles. The van der Waals surface area contributed by atoms with Crippen molar-refractivity contribution in [1.82, 2.24) is 10.6 Å². The number of nitriles is 1. The van der Waals surface area contributed by atoms with Gasteiger partial charge in [-0.2, -0.15) is 5.26 Å². The van der Waals surface area contributed by atoms with Gasteiger partial charge in [0.2, 0.25) is 5.91 Å². The maximum Gasteiger partial charge on any atom is 0.407 e. The van der Waals surface area contributed by atoms with E-state index in [1.165, 1.54) is 0 Å². The Hall–Kier alpha value is -1.77. The van der Waals surface area contributed by atoms with Crippen LogP contribution in [0, 0.1) is 11.3 Å². The number of hydrogen-bond donors (Lipinski definition) is 2. The molecule has 102 valence electrons. The van der Waals surface area contributed by atoms with E-state index >= 15 is 0 Å². The van der Waals surface area contributed by atoms with Crippen molar-refractivity contribution in [3.05, 3.63) is 0 Å². The van der Waals surface area contributed by atoms with Crippen LogP contribution in [0.4, 0.5) is 4.79 Å². The molecule has 0 aliphatic carbocycles. The zero-order valence-electron chi connectivity index (χ0n) is 11.4. The van der Waals surface area contributed by atoms with Gasteiger partial charge in [-0.15, -0.1) is 0 Å². The highest BCUT2D eigenvalue weighted by atomic mass is 16.6. The lowest BCUT2D eigenvalue weighted by Crippen LogP contribution is -2.45. The number of carbonyl (C=O) groups excluding carboxylic acids is 2. The Kier molecular flexibility index (Phi) is 6.79. The summed E-state index contributed by atoms with van der Waals surface area (Å²) in [7, 11) is 0. The van der Waals surface area contributed by atoms with Gasteiger partial charge in [0.15, 0.2) is 0 Å². The van der Waals surface area contributed by atoms with Gasteiger partial charge in [-0.25, -0.2) is 4.79 Å². The molecule has 0 spiro atoms. The monoisotopic (exact) mass is 255 g/mol. The molecular weight excluding hydrogens is 234 g/mol. The second kappa shape index (κ2) is 7.54. The first-order valence-corrected chi connectivity index (χ1v) is 5.91. The average Bonchev–Trinajstić information content (AvgIpc) is 2.22. The zero-order valence-corrected chi connectivity index (χ0v) is 11.4. The second-order valence-electron chi connectivity index (χ2n) is 4.89.